The lowest BCUT2D eigenvalue weighted by atomic mass is 10.2. The average Bonchev–Trinajstić information content (AvgIpc) is 2.52. The van der Waals surface area contributed by atoms with Gasteiger partial charge in [0.25, 0.3) is 0 Å². The zero-order chi connectivity index (χ0) is 16.2. The van der Waals surface area contributed by atoms with Gasteiger partial charge in [-0.2, -0.15) is 11.8 Å². The Morgan fingerprint density at radius 1 is 1.32 bits per heavy atom. The van der Waals surface area contributed by atoms with Gasteiger partial charge >= 0.3 is 0 Å². The number of halogens is 1. The van der Waals surface area contributed by atoms with Crippen molar-refractivity contribution in [1.82, 2.24) is 10.6 Å². The summed E-state index contributed by atoms with van der Waals surface area (Å²) in [5.74, 6) is 2.93. The van der Waals surface area contributed by atoms with Gasteiger partial charge in [-0.15, -0.1) is 0 Å². The van der Waals surface area contributed by atoms with Crippen LogP contribution in [-0.2, 0) is 6.54 Å². The molecular formula is C16H26BrN3OS. The van der Waals surface area contributed by atoms with Crippen LogP contribution in [0.3, 0.4) is 0 Å². The number of methoxy groups -OCH3 is 1. The molecule has 124 valence electrons. The number of benzene rings is 1. The SMILES string of the molecule is CCNC(=NCc1cc(Br)ccc1OC)NCCCCSC. The summed E-state index contributed by atoms with van der Waals surface area (Å²) in [6, 6.07) is 5.98. The van der Waals surface area contributed by atoms with Gasteiger partial charge in [0.1, 0.15) is 5.75 Å². The predicted octanol–water partition coefficient (Wildman–Crippen LogP) is 3.66. The van der Waals surface area contributed by atoms with E-state index < -0.39 is 0 Å². The molecule has 1 rings (SSSR count). The molecule has 0 fully saturated rings. The molecule has 0 heterocycles. The van der Waals surface area contributed by atoms with Crippen LogP contribution in [0.25, 0.3) is 0 Å². The van der Waals surface area contributed by atoms with Crippen molar-refractivity contribution in [2.24, 2.45) is 4.99 Å². The molecule has 0 spiro atoms. The van der Waals surface area contributed by atoms with Gasteiger partial charge in [-0.05, 0) is 50.0 Å². The number of nitrogens with one attached hydrogen (secondary N) is 2. The van der Waals surface area contributed by atoms with Gasteiger partial charge in [-0.1, -0.05) is 15.9 Å². The van der Waals surface area contributed by atoms with Crippen LogP contribution in [0.1, 0.15) is 25.3 Å². The lowest BCUT2D eigenvalue weighted by molar-refractivity contribution is 0.409. The second-order valence-corrected chi connectivity index (χ2v) is 6.68. The van der Waals surface area contributed by atoms with E-state index in [9.17, 15) is 0 Å². The molecule has 4 nitrogen and oxygen atoms in total. The molecule has 0 amide bonds. The van der Waals surface area contributed by atoms with Crippen LogP contribution in [0.15, 0.2) is 27.7 Å². The Kier molecular flexibility index (Phi) is 10.2. The molecule has 0 aromatic heterocycles. The van der Waals surface area contributed by atoms with Crippen LogP contribution < -0.4 is 15.4 Å². The number of nitrogens with zero attached hydrogens (tertiary/aromatic N) is 1. The van der Waals surface area contributed by atoms with E-state index in [4.69, 9.17) is 4.74 Å². The first-order valence-corrected chi connectivity index (χ1v) is 9.73. The summed E-state index contributed by atoms with van der Waals surface area (Å²) in [5.41, 5.74) is 1.07. The number of rotatable bonds is 9. The first kappa shape index (κ1) is 19.2. The van der Waals surface area contributed by atoms with Crippen LogP contribution in [0.4, 0.5) is 0 Å². The topological polar surface area (TPSA) is 45.7 Å². The molecule has 0 saturated carbocycles. The Labute approximate surface area is 146 Å². The smallest absolute Gasteiger partial charge is 0.191 e. The zero-order valence-corrected chi connectivity index (χ0v) is 16.0. The first-order valence-electron chi connectivity index (χ1n) is 7.54. The highest BCUT2D eigenvalue weighted by Crippen LogP contribution is 2.23. The van der Waals surface area contributed by atoms with Crippen LogP contribution in [0.5, 0.6) is 5.75 Å². The molecule has 0 bridgehead atoms. The standard InChI is InChI=1S/C16H26BrN3OS/c1-4-18-16(19-9-5-6-10-22-3)20-12-13-11-14(17)7-8-15(13)21-2/h7-8,11H,4-6,9-10,12H2,1-3H3,(H2,18,19,20). The van der Waals surface area contributed by atoms with Crippen LogP contribution in [0.2, 0.25) is 0 Å². The van der Waals surface area contributed by atoms with Crippen molar-refractivity contribution < 1.29 is 4.74 Å². The second-order valence-electron chi connectivity index (χ2n) is 4.78. The van der Waals surface area contributed by atoms with E-state index in [0.717, 1.165) is 41.3 Å². The van der Waals surface area contributed by atoms with E-state index in [1.807, 2.05) is 30.0 Å². The van der Waals surface area contributed by atoms with E-state index in [1.165, 1.54) is 12.2 Å². The fourth-order valence-corrected chi connectivity index (χ4v) is 2.86. The molecule has 6 heteroatoms. The normalized spacial score (nSPS) is 11.4. The van der Waals surface area contributed by atoms with Crippen molar-refractivity contribution in [2.45, 2.75) is 26.3 Å². The zero-order valence-electron chi connectivity index (χ0n) is 13.6. The number of hydrogen-bond donors (Lipinski definition) is 2. The highest BCUT2D eigenvalue weighted by Gasteiger charge is 2.04. The Bertz CT molecular complexity index is 469. The molecule has 1 aromatic rings. The van der Waals surface area contributed by atoms with Crippen LogP contribution >= 0.6 is 27.7 Å². The Hall–Kier alpha value is -0.880. The predicted molar refractivity (Wildman–Crippen MR) is 101 cm³/mol. The van der Waals surface area contributed by atoms with Gasteiger partial charge in [-0.3, -0.25) is 0 Å². The number of guanidine groups is 1. The van der Waals surface area contributed by atoms with E-state index in [-0.39, 0.29) is 0 Å². The third kappa shape index (κ3) is 7.40. The lowest BCUT2D eigenvalue weighted by Gasteiger charge is -2.12. The van der Waals surface area contributed by atoms with Gasteiger partial charge in [0.15, 0.2) is 5.96 Å². The fourth-order valence-electron chi connectivity index (χ4n) is 1.95. The summed E-state index contributed by atoms with van der Waals surface area (Å²) in [7, 11) is 1.69. The fraction of sp³-hybridized carbons (Fsp3) is 0.562. The summed E-state index contributed by atoms with van der Waals surface area (Å²) < 4.78 is 6.42. The summed E-state index contributed by atoms with van der Waals surface area (Å²) in [5, 5.41) is 6.66. The Morgan fingerprint density at radius 2 is 2.14 bits per heavy atom. The van der Waals surface area contributed by atoms with Crippen molar-refractivity contribution in [3.05, 3.63) is 28.2 Å². The second kappa shape index (κ2) is 11.7. The number of thioether (sulfide) groups is 1. The summed E-state index contributed by atoms with van der Waals surface area (Å²) in [6.07, 6.45) is 4.53. The quantitative estimate of drug-likeness (QED) is 0.385. The number of ether oxygens (including phenoxy) is 1. The molecule has 0 unspecified atom stereocenters. The van der Waals surface area contributed by atoms with Crippen LogP contribution in [0, 0.1) is 0 Å². The minimum atomic E-state index is 0.586. The number of unbranched alkanes of at least 4 members (excludes halogenated alkanes) is 1. The van der Waals surface area contributed by atoms with Crippen LogP contribution in [-0.4, -0.2) is 38.2 Å². The van der Waals surface area contributed by atoms with E-state index in [1.54, 1.807) is 7.11 Å². The van der Waals surface area contributed by atoms with E-state index in [2.05, 4.69) is 44.7 Å². The maximum atomic E-state index is 5.38. The van der Waals surface area contributed by atoms with Crippen molar-refractivity contribution in [1.29, 1.82) is 0 Å². The molecule has 0 atom stereocenters. The maximum absolute atomic E-state index is 5.38. The molecule has 0 radical (unpaired) electrons. The molecule has 2 N–H and O–H groups in total. The third-order valence-corrected chi connectivity index (χ3v) is 4.25. The lowest BCUT2D eigenvalue weighted by Crippen LogP contribution is -2.37. The monoisotopic (exact) mass is 387 g/mol. The molecular weight excluding hydrogens is 362 g/mol. The van der Waals surface area contributed by atoms with Crippen molar-refractivity contribution in [3.8, 4) is 5.75 Å². The van der Waals surface area contributed by atoms with Gasteiger partial charge in [0.2, 0.25) is 0 Å². The number of aliphatic imine (C=N–C) groups is 1. The maximum Gasteiger partial charge on any atom is 0.191 e. The van der Waals surface area contributed by atoms with Crippen molar-refractivity contribution in [2.75, 3.05) is 32.2 Å². The molecule has 1 aromatic carbocycles. The Balaban J connectivity index is 2.59. The summed E-state index contributed by atoms with van der Waals surface area (Å²) in [4.78, 5) is 4.64. The average molecular weight is 388 g/mol. The highest BCUT2D eigenvalue weighted by atomic mass is 79.9. The summed E-state index contributed by atoms with van der Waals surface area (Å²) in [6.45, 7) is 4.46. The van der Waals surface area contributed by atoms with Gasteiger partial charge in [-0.25, -0.2) is 4.99 Å². The van der Waals surface area contributed by atoms with E-state index >= 15 is 0 Å². The molecule has 0 aliphatic carbocycles. The van der Waals surface area contributed by atoms with Crippen molar-refractivity contribution in [3.63, 3.8) is 0 Å². The molecule has 0 aliphatic heterocycles. The Morgan fingerprint density at radius 3 is 2.82 bits per heavy atom. The largest absolute Gasteiger partial charge is 0.496 e. The van der Waals surface area contributed by atoms with E-state index in [0.29, 0.717) is 6.54 Å². The third-order valence-electron chi connectivity index (χ3n) is 3.06. The highest BCUT2D eigenvalue weighted by molar-refractivity contribution is 9.10. The molecule has 0 saturated heterocycles. The van der Waals surface area contributed by atoms with Gasteiger partial charge in [0.05, 0.1) is 13.7 Å². The minimum absolute atomic E-state index is 0.586. The van der Waals surface area contributed by atoms with Crippen molar-refractivity contribution >= 4 is 33.7 Å². The molecule has 22 heavy (non-hydrogen) atoms. The van der Waals surface area contributed by atoms with Gasteiger partial charge in [0, 0.05) is 23.1 Å². The summed E-state index contributed by atoms with van der Waals surface area (Å²) >= 11 is 5.38. The first-order chi connectivity index (χ1) is 10.7. The number of hydrogen-bond acceptors (Lipinski definition) is 3. The molecule has 0 aliphatic rings. The van der Waals surface area contributed by atoms with Gasteiger partial charge < -0.3 is 15.4 Å². The minimum Gasteiger partial charge on any atom is -0.496 e.